The lowest BCUT2D eigenvalue weighted by atomic mass is 10.00. The first-order valence-electron chi connectivity index (χ1n) is 8.55. The van der Waals surface area contributed by atoms with Crippen LogP contribution in [-0.4, -0.2) is 51.2 Å². The molecule has 1 aromatic carbocycles. The fourth-order valence-electron chi connectivity index (χ4n) is 2.96. The predicted molar refractivity (Wildman–Crippen MR) is 101 cm³/mol. The van der Waals surface area contributed by atoms with Gasteiger partial charge in [-0.3, -0.25) is 0 Å². The number of hydrogen-bond acceptors (Lipinski definition) is 5. The zero-order valence-corrected chi connectivity index (χ0v) is 16.5. The third-order valence-corrected chi connectivity index (χ3v) is 6.17. The Balaban J connectivity index is 0.00000312. The first kappa shape index (κ1) is 22.2. The molecule has 8 heteroatoms. The summed E-state index contributed by atoms with van der Waals surface area (Å²) in [6.07, 6.45) is 2.71. The van der Waals surface area contributed by atoms with Crippen LogP contribution >= 0.6 is 12.4 Å². The zero-order valence-electron chi connectivity index (χ0n) is 14.9. The van der Waals surface area contributed by atoms with Crippen LogP contribution in [0.3, 0.4) is 0 Å². The van der Waals surface area contributed by atoms with Crippen molar-refractivity contribution in [2.24, 2.45) is 5.73 Å². The molecule has 2 atom stereocenters. The van der Waals surface area contributed by atoms with E-state index < -0.39 is 10.0 Å². The number of nitrogens with two attached hydrogens (primary N) is 1. The zero-order chi connectivity index (χ0) is 17.6. The molecule has 0 amide bonds. The lowest BCUT2D eigenvalue weighted by Crippen LogP contribution is -2.51. The summed E-state index contributed by atoms with van der Waals surface area (Å²) in [6.45, 7) is 5.93. The lowest BCUT2D eigenvalue weighted by Gasteiger charge is -2.36. The van der Waals surface area contributed by atoms with Crippen LogP contribution in [-0.2, 0) is 14.8 Å². The molecule has 0 bridgehead atoms. The fraction of sp³-hybridized carbons (Fsp3) is 0.647. The van der Waals surface area contributed by atoms with Gasteiger partial charge in [-0.2, -0.15) is 4.31 Å². The molecule has 0 radical (unpaired) electrons. The van der Waals surface area contributed by atoms with Crippen molar-refractivity contribution >= 4 is 22.4 Å². The maximum absolute atomic E-state index is 12.9. The molecule has 0 aliphatic carbocycles. The second-order valence-corrected chi connectivity index (χ2v) is 7.95. The summed E-state index contributed by atoms with van der Waals surface area (Å²) in [4.78, 5) is 0.284. The van der Waals surface area contributed by atoms with E-state index in [1.807, 2.05) is 13.8 Å². The van der Waals surface area contributed by atoms with E-state index in [-0.39, 0.29) is 29.4 Å². The quantitative estimate of drug-likeness (QED) is 0.687. The molecule has 2 rings (SSSR count). The molecule has 1 aromatic rings. The van der Waals surface area contributed by atoms with Crippen LogP contribution in [0.4, 0.5) is 0 Å². The van der Waals surface area contributed by atoms with Crippen molar-refractivity contribution in [2.75, 3.05) is 26.4 Å². The third kappa shape index (κ3) is 5.82. The first-order valence-corrected chi connectivity index (χ1v) is 9.99. The van der Waals surface area contributed by atoms with Crippen molar-refractivity contribution in [3.05, 3.63) is 24.3 Å². The molecule has 1 aliphatic rings. The summed E-state index contributed by atoms with van der Waals surface area (Å²) in [6, 6.07) is 6.25. The first-order chi connectivity index (χ1) is 11.5. The smallest absolute Gasteiger partial charge is 0.243 e. The van der Waals surface area contributed by atoms with Crippen LogP contribution in [0.15, 0.2) is 29.2 Å². The summed E-state index contributed by atoms with van der Waals surface area (Å²) in [5.74, 6) is 0.635. The molecule has 0 aromatic heterocycles. The summed E-state index contributed by atoms with van der Waals surface area (Å²) in [5, 5.41) is 0. The Labute approximate surface area is 157 Å². The molecule has 144 valence electrons. The van der Waals surface area contributed by atoms with Crippen LogP contribution in [0.1, 0.15) is 33.1 Å². The van der Waals surface area contributed by atoms with E-state index in [1.165, 1.54) is 0 Å². The lowest BCUT2D eigenvalue weighted by molar-refractivity contribution is 0.110. The van der Waals surface area contributed by atoms with Crippen molar-refractivity contribution in [1.82, 2.24) is 4.31 Å². The minimum absolute atomic E-state index is 0. The van der Waals surface area contributed by atoms with Crippen molar-refractivity contribution in [1.29, 1.82) is 0 Å². The Kier molecular flexibility index (Phi) is 9.16. The van der Waals surface area contributed by atoms with Gasteiger partial charge < -0.3 is 15.2 Å². The van der Waals surface area contributed by atoms with E-state index in [9.17, 15) is 8.42 Å². The van der Waals surface area contributed by atoms with E-state index >= 15 is 0 Å². The van der Waals surface area contributed by atoms with E-state index in [0.717, 1.165) is 19.3 Å². The van der Waals surface area contributed by atoms with Crippen molar-refractivity contribution < 1.29 is 17.9 Å². The highest BCUT2D eigenvalue weighted by Gasteiger charge is 2.35. The maximum Gasteiger partial charge on any atom is 0.243 e. The van der Waals surface area contributed by atoms with Crippen LogP contribution in [0.2, 0.25) is 0 Å². The summed E-state index contributed by atoms with van der Waals surface area (Å²) in [7, 11) is -3.53. The van der Waals surface area contributed by atoms with E-state index in [1.54, 1.807) is 28.6 Å². The second kappa shape index (κ2) is 10.3. The molecule has 6 nitrogen and oxygen atoms in total. The van der Waals surface area contributed by atoms with Gasteiger partial charge in [0.15, 0.2) is 0 Å². The molecular weight excluding hydrogens is 364 g/mol. The van der Waals surface area contributed by atoms with E-state index in [4.69, 9.17) is 15.2 Å². The Morgan fingerprint density at radius 1 is 1.24 bits per heavy atom. The summed E-state index contributed by atoms with van der Waals surface area (Å²) >= 11 is 0. The van der Waals surface area contributed by atoms with Crippen molar-refractivity contribution in [3.63, 3.8) is 0 Å². The Morgan fingerprint density at radius 3 is 2.52 bits per heavy atom. The minimum atomic E-state index is -3.53. The van der Waals surface area contributed by atoms with Gasteiger partial charge in [0, 0.05) is 25.2 Å². The monoisotopic (exact) mass is 392 g/mol. The summed E-state index contributed by atoms with van der Waals surface area (Å²) < 4.78 is 38.1. The Bertz CT molecular complexity index is 608. The number of rotatable bonds is 8. The molecule has 2 unspecified atom stereocenters. The molecule has 0 spiro atoms. The molecule has 1 heterocycles. The second-order valence-electron chi connectivity index (χ2n) is 6.05. The van der Waals surface area contributed by atoms with Gasteiger partial charge in [0.2, 0.25) is 10.0 Å². The van der Waals surface area contributed by atoms with Gasteiger partial charge in [-0.05, 0) is 51.0 Å². The molecule has 1 saturated heterocycles. The van der Waals surface area contributed by atoms with Gasteiger partial charge in [-0.15, -0.1) is 12.4 Å². The SMILES string of the molecule is CCOCCOc1ccc(S(=O)(=O)N2CCCCC2C(C)N)cc1.Cl. The summed E-state index contributed by atoms with van der Waals surface area (Å²) in [5.41, 5.74) is 6.00. The number of ether oxygens (including phenoxy) is 2. The number of benzene rings is 1. The molecule has 0 saturated carbocycles. The topological polar surface area (TPSA) is 81.9 Å². The van der Waals surface area contributed by atoms with Crippen molar-refractivity contribution in [3.8, 4) is 5.75 Å². The number of piperidine rings is 1. The van der Waals surface area contributed by atoms with Crippen LogP contribution in [0, 0.1) is 0 Å². The Hall–Kier alpha value is -0.860. The fourth-order valence-corrected chi connectivity index (χ4v) is 4.73. The van der Waals surface area contributed by atoms with Gasteiger partial charge in [-0.1, -0.05) is 6.42 Å². The maximum atomic E-state index is 12.9. The largest absolute Gasteiger partial charge is 0.491 e. The van der Waals surface area contributed by atoms with E-state index in [2.05, 4.69) is 0 Å². The van der Waals surface area contributed by atoms with E-state index in [0.29, 0.717) is 32.1 Å². The highest BCUT2D eigenvalue weighted by molar-refractivity contribution is 7.89. The van der Waals surface area contributed by atoms with Gasteiger partial charge in [0.05, 0.1) is 11.5 Å². The number of hydrogen-bond donors (Lipinski definition) is 1. The average Bonchev–Trinajstić information content (AvgIpc) is 2.59. The van der Waals surface area contributed by atoms with Gasteiger partial charge in [0.25, 0.3) is 0 Å². The van der Waals surface area contributed by atoms with Gasteiger partial charge in [0.1, 0.15) is 12.4 Å². The Morgan fingerprint density at radius 2 is 1.92 bits per heavy atom. The predicted octanol–water partition coefficient (Wildman–Crippen LogP) is 2.41. The average molecular weight is 393 g/mol. The minimum Gasteiger partial charge on any atom is -0.491 e. The van der Waals surface area contributed by atoms with Gasteiger partial charge >= 0.3 is 0 Å². The standard InChI is InChI=1S/C17H28N2O4S.ClH/c1-3-22-12-13-23-15-7-9-16(10-8-15)24(20,21)19-11-5-4-6-17(19)14(2)18;/h7-10,14,17H,3-6,11-13,18H2,1-2H3;1H. The third-order valence-electron chi connectivity index (χ3n) is 4.24. The molecule has 1 fully saturated rings. The van der Waals surface area contributed by atoms with Crippen molar-refractivity contribution in [2.45, 2.75) is 50.1 Å². The van der Waals surface area contributed by atoms with Gasteiger partial charge in [-0.25, -0.2) is 8.42 Å². The molecular formula is C17H29ClN2O4S. The van der Waals surface area contributed by atoms with Crippen LogP contribution < -0.4 is 10.5 Å². The number of nitrogens with zero attached hydrogens (tertiary/aromatic N) is 1. The normalized spacial score (nSPS) is 19.9. The highest BCUT2D eigenvalue weighted by atomic mass is 35.5. The highest BCUT2D eigenvalue weighted by Crippen LogP contribution is 2.27. The van der Waals surface area contributed by atoms with Crippen LogP contribution in [0.25, 0.3) is 0 Å². The number of halogens is 1. The molecule has 1 aliphatic heterocycles. The number of sulfonamides is 1. The molecule has 2 N–H and O–H groups in total. The molecule has 25 heavy (non-hydrogen) atoms. The van der Waals surface area contributed by atoms with Crippen LogP contribution in [0.5, 0.6) is 5.75 Å².